The highest BCUT2D eigenvalue weighted by molar-refractivity contribution is 5.82. The number of piperidine rings is 1. The second kappa shape index (κ2) is 7.74. The van der Waals surface area contributed by atoms with E-state index >= 15 is 0 Å². The molecule has 0 saturated carbocycles. The minimum absolute atomic E-state index is 0.129. The van der Waals surface area contributed by atoms with Crippen molar-refractivity contribution in [2.24, 2.45) is 0 Å². The predicted molar refractivity (Wildman–Crippen MR) is 84.6 cm³/mol. The van der Waals surface area contributed by atoms with Crippen molar-refractivity contribution in [1.29, 1.82) is 0 Å². The maximum absolute atomic E-state index is 13.0. The van der Waals surface area contributed by atoms with E-state index in [0.717, 1.165) is 0 Å². The molecular weight excluding hydrogens is 322 g/mol. The van der Waals surface area contributed by atoms with Gasteiger partial charge in [0, 0.05) is 25.9 Å². The summed E-state index contributed by atoms with van der Waals surface area (Å²) in [5.41, 5.74) is -0.832. The first-order valence-electron chi connectivity index (χ1n) is 8.05. The van der Waals surface area contributed by atoms with Crippen molar-refractivity contribution in [3.8, 4) is 0 Å². The van der Waals surface area contributed by atoms with Crippen molar-refractivity contribution in [3.63, 3.8) is 0 Å². The summed E-state index contributed by atoms with van der Waals surface area (Å²) >= 11 is 0. The number of amides is 1. The van der Waals surface area contributed by atoms with E-state index in [9.17, 15) is 18.4 Å². The van der Waals surface area contributed by atoms with E-state index in [2.05, 4.69) is 10.1 Å². The van der Waals surface area contributed by atoms with Crippen molar-refractivity contribution in [2.75, 3.05) is 19.7 Å². The second-order valence-corrected chi connectivity index (χ2v) is 7.53. The van der Waals surface area contributed by atoms with Gasteiger partial charge in [-0.15, -0.1) is 0 Å². The molecule has 0 aromatic carbocycles. The Morgan fingerprint density at radius 1 is 1.29 bits per heavy atom. The van der Waals surface area contributed by atoms with Gasteiger partial charge in [0.2, 0.25) is 5.91 Å². The van der Waals surface area contributed by atoms with Crippen LogP contribution in [0, 0.1) is 0 Å². The molecule has 0 radical (unpaired) electrons. The largest absolute Gasteiger partial charge is 0.462 e. The number of nitrogens with zero attached hydrogens (tertiary/aromatic N) is 1. The third-order valence-corrected chi connectivity index (χ3v) is 3.64. The molecule has 1 amide bonds. The third kappa shape index (κ3) is 7.09. The highest BCUT2D eigenvalue weighted by Crippen LogP contribution is 2.28. The van der Waals surface area contributed by atoms with E-state index in [1.165, 1.54) is 4.90 Å². The number of hydrogen-bond acceptors (Lipinski definition) is 5. The van der Waals surface area contributed by atoms with Gasteiger partial charge in [-0.3, -0.25) is 14.9 Å². The second-order valence-electron chi connectivity index (χ2n) is 7.53. The van der Waals surface area contributed by atoms with Gasteiger partial charge >= 0.3 is 0 Å². The molecule has 2 heterocycles. The van der Waals surface area contributed by atoms with Crippen molar-refractivity contribution in [3.05, 3.63) is 0 Å². The number of carbonyl (C=O) groups excluding carboxylic acids is 2. The molecule has 8 heteroatoms. The topological polar surface area (TPSA) is 67.9 Å². The zero-order valence-corrected chi connectivity index (χ0v) is 15.0. The van der Waals surface area contributed by atoms with Gasteiger partial charge in [0.25, 0.3) is 12.4 Å². The van der Waals surface area contributed by atoms with Crippen LogP contribution in [0.25, 0.3) is 0 Å². The maximum atomic E-state index is 13.0. The first-order chi connectivity index (χ1) is 10.9. The van der Waals surface area contributed by atoms with Crippen molar-refractivity contribution >= 4 is 12.4 Å². The molecule has 0 aromatic heterocycles. The summed E-state index contributed by atoms with van der Waals surface area (Å²) in [6, 6.07) is -0.406. The quantitative estimate of drug-likeness (QED) is 0.771. The minimum atomic E-state index is -2.62. The molecule has 1 atom stereocenters. The minimum Gasteiger partial charge on any atom is -0.462 e. The van der Waals surface area contributed by atoms with E-state index in [-0.39, 0.29) is 37.4 Å². The van der Waals surface area contributed by atoms with Crippen LogP contribution in [-0.4, -0.2) is 60.3 Å². The molecular formula is C16H28F2N2O4. The Hall–Kier alpha value is -1.28. The summed E-state index contributed by atoms with van der Waals surface area (Å²) in [6.45, 7) is 10.2. The van der Waals surface area contributed by atoms with E-state index in [1.807, 2.05) is 34.6 Å². The Bertz CT molecular complexity index is 440. The number of likely N-dealkylation sites (tertiary alicyclic amines) is 1. The van der Waals surface area contributed by atoms with Crippen LogP contribution in [0.4, 0.5) is 8.78 Å². The highest BCUT2D eigenvalue weighted by Gasteiger charge is 2.41. The monoisotopic (exact) mass is 350 g/mol. The van der Waals surface area contributed by atoms with Crippen LogP contribution >= 0.6 is 0 Å². The van der Waals surface area contributed by atoms with Crippen LogP contribution in [0.3, 0.4) is 0 Å². The smallest absolute Gasteiger partial charge is 0.293 e. The molecule has 0 aliphatic carbocycles. The number of ether oxygens (including phenoxy) is 2. The van der Waals surface area contributed by atoms with Gasteiger partial charge in [-0.2, -0.15) is 0 Å². The summed E-state index contributed by atoms with van der Waals surface area (Å²) < 4.78 is 35.9. The first-order valence-corrected chi connectivity index (χ1v) is 8.05. The van der Waals surface area contributed by atoms with Gasteiger partial charge in [0.05, 0.1) is 6.61 Å². The molecule has 2 aliphatic heterocycles. The van der Waals surface area contributed by atoms with Gasteiger partial charge in [-0.05, 0) is 34.6 Å². The van der Waals surface area contributed by atoms with Crippen LogP contribution in [0.2, 0.25) is 0 Å². The molecule has 140 valence electrons. The Morgan fingerprint density at radius 3 is 2.17 bits per heavy atom. The van der Waals surface area contributed by atoms with Crippen LogP contribution < -0.4 is 5.32 Å². The summed E-state index contributed by atoms with van der Waals surface area (Å²) in [7, 11) is 0. The van der Waals surface area contributed by atoms with Gasteiger partial charge in [-0.25, -0.2) is 8.78 Å². The molecule has 2 aliphatic rings. The first kappa shape index (κ1) is 20.8. The van der Waals surface area contributed by atoms with E-state index in [4.69, 9.17) is 4.74 Å². The Kier molecular flexibility index (Phi) is 6.69. The third-order valence-electron chi connectivity index (χ3n) is 3.64. The number of rotatable bonds is 2. The Balaban J connectivity index is 0.000000351. The fraction of sp³-hybridized carbons (Fsp3) is 0.875. The molecule has 2 saturated heterocycles. The number of nitrogens with one attached hydrogen (secondary N) is 1. The van der Waals surface area contributed by atoms with Gasteiger partial charge < -0.3 is 14.4 Å². The number of carbonyl (C=O) groups is 2. The maximum Gasteiger partial charge on any atom is 0.293 e. The molecule has 2 fully saturated rings. The van der Waals surface area contributed by atoms with E-state index < -0.39 is 17.7 Å². The standard InChI is InChI=1S/C11H18F2N2O2.C5H10O2/c1-10(2)14-8(7-17-10)9(16)15-5-3-11(12,13)4-6-15;1-5(2,3)7-4-6/h8,14H,3-7H2,1-2H3;4H,1-3H3. The highest BCUT2D eigenvalue weighted by atomic mass is 19.3. The van der Waals surface area contributed by atoms with Crippen LogP contribution in [-0.2, 0) is 19.1 Å². The molecule has 24 heavy (non-hydrogen) atoms. The molecule has 0 aromatic rings. The van der Waals surface area contributed by atoms with Crippen LogP contribution in [0.1, 0.15) is 47.5 Å². The van der Waals surface area contributed by atoms with E-state index in [1.54, 1.807) is 0 Å². The lowest BCUT2D eigenvalue weighted by Gasteiger charge is -2.33. The van der Waals surface area contributed by atoms with Gasteiger partial charge in [-0.1, -0.05) is 0 Å². The summed E-state index contributed by atoms with van der Waals surface area (Å²) in [5.74, 6) is -2.75. The van der Waals surface area contributed by atoms with Crippen molar-refractivity contribution < 1.29 is 27.8 Å². The van der Waals surface area contributed by atoms with E-state index in [0.29, 0.717) is 13.1 Å². The fourth-order valence-electron chi connectivity index (χ4n) is 2.35. The Labute approximate surface area is 141 Å². The molecule has 1 unspecified atom stereocenters. The molecule has 6 nitrogen and oxygen atoms in total. The molecule has 0 bridgehead atoms. The summed E-state index contributed by atoms with van der Waals surface area (Å²) in [5, 5.41) is 3.05. The van der Waals surface area contributed by atoms with Crippen LogP contribution in [0.15, 0.2) is 0 Å². The normalized spacial score (nSPS) is 25.5. The zero-order valence-electron chi connectivity index (χ0n) is 15.0. The lowest BCUT2D eigenvalue weighted by Crippen LogP contribution is -2.52. The average Bonchev–Trinajstić information content (AvgIpc) is 2.78. The number of alkyl halides is 2. The lowest BCUT2D eigenvalue weighted by molar-refractivity contribution is -0.140. The average molecular weight is 350 g/mol. The van der Waals surface area contributed by atoms with Crippen molar-refractivity contribution in [2.45, 2.75) is 70.8 Å². The summed E-state index contributed by atoms with van der Waals surface area (Å²) in [6.07, 6.45) is -0.481. The number of halogens is 2. The predicted octanol–water partition coefficient (Wildman–Crippen LogP) is 1.93. The molecule has 2 rings (SSSR count). The molecule has 0 spiro atoms. The lowest BCUT2D eigenvalue weighted by atomic mass is 10.1. The Morgan fingerprint density at radius 2 is 1.83 bits per heavy atom. The fourth-order valence-corrected chi connectivity index (χ4v) is 2.35. The number of hydrogen-bond donors (Lipinski definition) is 1. The van der Waals surface area contributed by atoms with Gasteiger partial charge in [0.15, 0.2) is 0 Å². The molecule has 1 N–H and O–H groups in total. The van der Waals surface area contributed by atoms with Gasteiger partial charge in [0.1, 0.15) is 17.4 Å². The van der Waals surface area contributed by atoms with Crippen LogP contribution in [0.5, 0.6) is 0 Å². The SMILES string of the molecule is CC(C)(C)OC=O.CC1(C)NC(C(=O)N2CCC(F)(F)CC2)CO1. The summed E-state index contributed by atoms with van der Waals surface area (Å²) in [4.78, 5) is 23.1. The zero-order chi connectivity index (χ0) is 18.6. The van der Waals surface area contributed by atoms with Crippen molar-refractivity contribution in [1.82, 2.24) is 10.2 Å².